The van der Waals surface area contributed by atoms with Gasteiger partial charge in [-0.3, -0.25) is 4.79 Å². The fourth-order valence-electron chi connectivity index (χ4n) is 4.19. The number of hydrogen-bond acceptors (Lipinski definition) is 5. The first-order valence-electron chi connectivity index (χ1n) is 9.82. The number of aryl methyl sites for hydroxylation is 1. The number of aromatic amines is 1. The van der Waals surface area contributed by atoms with Crippen LogP contribution in [0.25, 0.3) is 15.7 Å². The number of pyridine rings is 1. The van der Waals surface area contributed by atoms with Crippen LogP contribution in [0.1, 0.15) is 38.5 Å². The number of amides is 1. The maximum atomic E-state index is 13.6. The lowest BCUT2D eigenvalue weighted by Crippen LogP contribution is -2.41. The molecule has 0 fully saturated rings. The molecule has 1 aliphatic heterocycles. The Labute approximate surface area is 176 Å². The molecule has 7 nitrogen and oxygen atoms in total. The highest BCUT2D eigenvalue weighted by atomic mass is 32.1. The quantitative estimate of drug-likeness (QED) is 0.477. The molecule has 6 rings (SSSR count). The lowest BCUT2D eigenvalue weighted by atomic mass is 9.99. The Morgan fingerprint density at radius 2 is 2.13 bits per heavy atom. The van der Waals surface area contributed by atoms with Crippen molar-refractivity contribution in [1.29, 1.82) is 0 Å². The van der Waals surface area contributed by atoms with Gasteiger partial charge in [0.05, 0.1) is 33.4 Å². The zero-order valence-corrected chi connectivity index (χ0v) is 17.1. The van der Waals surface area contributed by atoms with Gasteiger partial charge in [-0.15, -0.1) is 11.3 Å². The number of para-hydroxylation sites is 1. The molecule has 0 aliphatic carbocycles. The van der Waals surface area contributed by atoms with Gasteiger partial charge in [0.25, 0.3) is 5.91 Å². The summed E-state index contributed by atoms with van der Waals surface area (Å²) in [4.78, 5) is 27.8. The number of carbonyl (C=O) groups is 1. The number of aromatic nitrogens is 5. The van der Waals surface area contributed by atoms with Gasteiger partial charge in [-0.25, -0.2) is 14.5 Å². The van der Waals surface area contributed by atoms with Crippen LogP contribution >= 0.6 is 11.3 Å². The summed E-state index contributed by atoms with van der Waals surface area (Å²) in [6.45, 7) is 2.65. The number of thiazole rings is 1. The molecule has 1 N–H and O–H groups in total. The molecule has 1 aromatic carbocycles. The fourth-order valence-corrected chi connectivity index (χ4v) is 5.11. The first-order valence-corrected chi connectivity index (χ1v) is 10.6. The van der Waals surface area contributed by atoms with E-state index in [1.165, 1.54) is 11.3 Å². The Morgan fingerprint density at radius 3 is 3.00 bits per heavy atom. The van der Waals surface area contributed by atoms with Crippen LogP contribution in [0.15, 0.2) is 55.0 Å². The summed E-state index contributed by atoms with van der Waals surface area (Å²) in [5, 5.41) is 5.30. The van der Waals surface area contributed by atoms with Crippen molar-refractivity contribution in [2.24, 2.45) is 0 Å². The molecule has 1 aliphatic rings. The van der Waals surface area contributed by atoms with Gasteiger partial charge in [-0.1, -0.05) is 18.2 Å². The van der Waals surface area contributed by atoms with Crippen LogP contribution in [0.5, 0.6) is 0 Å². The smallest absolute Gasteiger partial charge is 0.283 e. The first kappa shape index (κ1) is 17.3. The van der Waals surface area contributed by atoms with Gasteiger partial charge in [-0.2, -0.15) is 5.10 Å². The van der Waals surface area contributed by atoms with E-state index in [1.54, 1.807) is 6.33 Å². The average Bonchev–Trinajstić information content (AvgIpc) is 3.49. The topological polar surface area (TPSA) is 79.2 Å². The van der Waals surface area contributed by atoms with Gasteiger partial charge >= 0.3 is 0 Å². The number of hydrogen-bond donors (Lipinski definition) is 1. The largest absolute Gasteiger partial charge is 0.348 e. The van der Waals surface area contributed by atoms with Gasteiger partial charge in [0.15, 0.2) is 5.01 Å². The zero-order valence-electron chi connectivity index (χ0n) is 16.2. The van der Waals surface area contributed by atoms with Crippen molar-refractivity contribution in [2.75, 3.05) is 6.54 Å². The zero-order chi connectivity index (χ0) is 20.2. The van der Waals surface area contributed by atoms with E-state index in [-0.39, 0.29) is 11.9 Å². The molecule has 30 heavy (non-hydrogen) atoms. The fraction of sp³-hybridized carbons (Fsp3) is 0.182. The minimum atomic E-state index is -0.348. The van der Waals surface area contributed by atoms with Gasteiger partial charge in [0.2, 0.25) is 0 Å². The predicted molar refractivity (Wildman–Crippen MR) is 115 cm³/mol. The van der Waals surface area contributed by atoms with Gasteiger partial charge < -0.3 is 9.88 Å². The summed E-state index contributed by atoms with van der Waals surface area (Å²) in [6, 6.07) is 13.6. The van der Waals surface area contributed by atoms with Gasteiger partial charge in [0, 0.05) is 24.9 Å². The Morgan fingerprint density at radius 1 is 1.23 bits per heavy atom. The third-order valence-corrected chi connectivity index (χ3v) is 6.70. The van der Waals surface area contributed by atoms with E-state index in [9.17, 15) is 4.79 Å². The van der Waals surface area contributed by atoms with E-state index in [1.807, 2.05) is 45.9 Å². The minimum Gasteiger partial charge on any atom is -0.348 e. The Kier molecular flexibility index (Phi) is 3.76. The van der Waals surface area contributed by atoms with Crippen LogP contribution in [0.2, 0.25) is 0 Å². The maximum absolute atomic E-state index is 13.6. The number of fused-ring (bicyclic) bond motifs is 3. The van der Waals surface area contributed by atoms with E-state index in [2.05, 4.69) is 34.0 Å². The van der Waals surface area contributed by atoms with Crippen LogP contribution in [-0.2, 0) is 6.42 Å². The van der Waals surface area contributed by atoms with E-state index < -0.39 is 0 Å². The molecule has 5 heterocycles. The second-order valence-corrected chi connectivity index (χ2v) is 8.53. The molecule has 5 aromatic rings. The van der Waals surface area contributed by atoms with Gasteiger partial charge in [-0.05, 0) is 36.8 Å². The summed E-state index contributed by atoms with van der Waals surface area (Å²) >= 11 is 1.43. The first-order chi connectivity index (χ1) is 14.7. The van der Waals surface area contributed by atoms with Crippen molar-refractivity contribution < 1.29 is 4.79 Å². The van der Waals surface area contributed by atoms with Crippen molar-refractivity contribution in [3.05, 3.63) is 82.6 Å². The molecular formula is C22H18N6OS. The van der Waals surface area contributed by atoms with Crippen LogP contribution in [0.4, 0.5) is 0 Å². The number of carbonyl (C=O) groups excluding carboxylic acids is 1. The highest BCUT2D eigenvalue weighted by Crippen LogP contribution is 2.35. The molecule has 0 bridgehead atoms. The molecule has 8 heteroatoms. The monoisotopic (exact) mass is 414 g/mol. The van der Waals surface area contributed by atoms with E-state index in [0.29, 0.717) is 11.6 Å². The normalized spacial score (nSPS) is 16.3. The summed E-state index contributed by atoms with van der Waals surface area (Å²) in [6.07, 6.45) is 4.36. The number of benzene rings is 1. The van der Waals surface area contributed by atoms with Crippen LogP contribution in [-0.4, -0.2) is 41.9 Å². The van der Waals surface area contributed by atoms with Crippen molar-refractivity contribution in [2.45, 2.75) is 19.4 Å². The molecule has 0 spiro atoms. The molecule has 148 valence electrons. The molecule has 4 aromatic heterocycles. The number of H-pyrrole nitrogens is 1. The van der Waals surface area contributed by atoms with Crippen LogP contribution in [0, 0.1) is 6.92 Å². The van der Waals surface area contributed by atoms with E-state index in [0.717, 1.165) is 44.8 Å². The number of nitrogens with one attached hydrogen (secondary N) is 1. The third-order valence-electron chi connectivity index (χ3n) is 5.67. The summed E-state index contributed by atoms with van der Waals surface area (Å²) in [5.74, 6) is -0.0800. The number of nitrogens with zero attached hydrogens (tertiary/aromatic N) is 5. The third kappa shape index (κ3) is 2.57. The summed E-state index contributed by atoms with van der Waals surface area (Å²) in [5.41, 5.74) is 5.75. The molecule has 0 radical (unpaired) electrons. The second kappa shape index (κ2) is 6.50. The Hall–Kier alpha value is -3.52. The SMILES string of the molecule is Cc1cccn2nc([C@H]3c4nc[nH]c4CCN3C(=O)c3nc4ccccc4s3)cc12. The molecule has 0 unspecified atom stereocenters. The molecule has 1 amide bonds. The molecule has 1 atom stereocenters. The highest BCUT2D eigenvalue weighted by molar-refractivity contribution is 7.20. The summed E-state index contributed by atoms with van der Waals surface area (Å²) < 4.78 is 2.88. The molecular weight excluding hydrogens is 396 g/mol. The van der Waals surface area contributed by atoms with Crippen LogP contribution < -0.4 is 0 Å². The lowest BCUT2D eigenvalue weighted by molar-refractivity contribution is 0.0687. The van der Waals surface area contributed by atoms with E-state index >= 15 is 0 Å². The highest BCUT2D eigenvalue weighted by Gasteiger charge is 2.37. The van der Waals surface area contributed by atoms with Crippen molar-refractivity contribution in [1.82, 2.24) is 29.5 Å². The summed E-state index contributed by atoms with van der Waals surface area (Å²) in [7, 11) is 0. The Balaban J connectivity index is 1.48. The molecule has 0 saturated carbocycles. The molecule has 0 saturated heterocycles. The van der Waals surface area contributed by atoms with Crippen molar-refractivity contribution in [3.63, 3.8) is 0 Å². The minimum absolute atomic E-state index is 0.0800. The van der Waals surface area contributed by atoms with E-state index in [4.69, 9.17) is 5.10 Å². The average molecular weight is 414 g/mol. The second-order valence-electron chi connectivity index (χ2n) is 7.49. The predicted octanol–water partition coefficient (Wildman–Crippen LogP) is 3.76. The van der Waals surface area contributed by atoms with Crippen LogP contribution in [0.3, 0.4) is 0 Å². The van der Waals surface area contributed by atoms with Crippen molar-refractivity contribution >= 4 is 33.0 Å². The lowest BCUT2D eigenvalue weighted by Gasteiger charge is -2.33. The van der Waals surface area contributed by atoms with Crippen molar-refractivity contribution in [3.8, 4) is 0 Å². The Bertz CT molecular complexity index is 1380. The maximum Gasteiger partial charge on any atom is 0.283 e. The van der Waals surface area contributed by atoms with Gasteiger partial charge in [0.1, 0.15) is 6.04 Å². The number of rotatable bonds is 2. The number of imidazole rings is 1. The standard InChI is InChI=1S/C22H18N6OS/c1-13-5-4-9-28-17(13)11-16(26-28)20-19-15(23-12-24-19)8-10-27(20)22(29)21-25-14-6-2-3-7-18(14)30-21/h2-7,9,11-12,20H,8,10H2,1H3,(H,23,24)/t20-/m0/s1.